The van der Waals surface area contributed by atoms with Gasteiger partial charge < -0.3 is 4.57 Å². The molecule has 19 heavy (non-hydrogen) atoms. The van der Waals surface area contributed by atoms with E-state index in [9.17, 15) is 18.0 Å². The molecule has 0 aromatic carbocycles. The highest BCUT2D eigenvalue weighted by molar-refractivity contribution is 6.00. The Morgan fingerprint density at radius 3 is 2.68 bits per heavy atom. The number of aryl methyl sites for hydroxylation is 3. The normalized spacial score (nSPS) is 11.8. The van der Waals surface area contributed by atoms with Gasteiger partial charge in [0.25, 0.3) is 5.78 Å². The number of Topliss-reactive ketones (excluding diaryl/α,β-unsaturated/α-hetero) is 1. The standard InChI is InChI=1S/C12H12F3N3O/c1-17-10(2-5-16-17)4-7-18-6-3-9(8-18)11(19)12(13,14)15/h2-3,5-6,8H,4,7H2,1H3. The van der Waals surface area contributed by atoms with Gasteiger partial charge in [-0.2, -0.15) is 18.3 Å². The molecule has 0 saturated carbocycles. The fraction of sp³-hybridized carbons (Fsp3) is 0.333. The van der Waals surface area contributed by atoms with Crippen LogP contribution in [0.15, 0.2) is 30.7 Å². The van der Waals surface area contributed by atoms with Gasteiger partial charge in [-0.15, -0.1) is 0 Å². The van der Waals surface area contributed by atoms with Gasteiger partial charge >= 0.3 is 6.18 Å². The van der Waals surface area contributed by atoms with Crippen LogP contribution in [0.2, 0.25) is 0 Å². The lowest BCUT2D eigenvalue weighted by Crippen LogP contribution is -2.22. The van der Waals surface area contributed by atoms with Crippen LogP contribution in [0.4, 0.5) is 13.2 Å². The molecule has 0 aliphatic carbocycles. The van der Waals surface area contributed by atoms with Crippen molar-refractivity contribution < 1.29 is 18.0 Å². The van der Waals surface area contributed by atoms with E-state index in [2.05, 4.69) is 5.10 Å². The molecule has 0 aliphatic rings. The number of hydrogen-bond acceptors (Lipinski definition) is 2. The number of carbonyl (C=O) groups excluding carboxylic acids is 1. The van der Waals surface area contributed by atoms with Crippen molar-refractivity contribution in [3.63, 3.8) is 0 Å². The first-order valence-electron chi connectivity index (χ1n) is 5.62. The second kappa shape index (κ2) is 4.91. The predicted octanol–water partition coefficient (Wildman–Crippen LogP) is 2.21. The molecule has 0 amide bonds. The number of halogens is 3. The van der Waals surface area contributed by atoms with Crippen LogP contribution in [0, 0.1) is 0 Å². The molecule has 0 fully saturated rings. The third-order valence-electron chi connectivity index (χ3n) is 2.82. The third-order valence-corrected chi connectivity index (χ3v) is 2.82. The summed E-state index contributed by atoms with van der Waals surface area (Å²) >= 11 is 0. The van der Waals surface area contributed by atoms with Gasteiger partial charge in [0.2, 0.25) is 0 Å². The lowest BCUT2D eigenvalue weighted by atomic mass is 10.2. The van der Waals surface area contributed by atoms with Crippen LogP contribution < -0.4 is 0 Å². The molecule has 0 bridgehead atoms. The van der Waals surface area contributed by atoms with Gasteiger partial charge in [-0.05, 0) is 12.1 Å². The van der Waals surface area contributed by atoms with Crippen LogP contribution >= 0.6 is 0 Å². The van der Waals surface area contributed by atoms with Gasteiger partial charge in [-0.3, -0.25) is 9.48 Å². The number of alkyl halides is 3. The molecule has 2 aromatic heterocycles. The van der Waals surface area contributed by atoms with Gasteiger partial charge in [0.05, 0.1) is 0 Å². The van der Waals surface area contributed by atoms with Gasteiger partial charge in [-0.25, -0.2) is 0 Å². The summed E-state index contributed by atoms with van der Waals surface area (Å²) < 4.78 is 40.0. The summed E-state index contributed by atoms with van der Waals surface area (Å²) in [7, 11) is 1.80. The fourth-order valence-electron chi connectivity index (χ4n) is 1.77. The molecule has 0 saturated heterocycles. The molecule has 0 aliphatic heterocycles. The van der Waals surface area contributed by atoms with Gasteiger partial charge in [0.1, 0.15) is 0 Å². The van der Waals surface area contributed by atoms with Gasteiger partial charge in [0.15, 0.2) is 0 Å². The van der Waals surface area contributed by atoms with Crippen molar-refractivity contribution in [3.05, 3.63) is 42.0 Å². The van der Waals surface area contributed by atoms with Crippen molar-refractivity contribution in [2.75, 3.05) is 0 Å². The van der Waals surface area contributed by atoms with Crippen LogP contribution in [-0.2, 0) is 20.0 Å². The molecule has 0 N–H and O–H groups in total. The molecule has 0 unspecified atom stereocenters. The Morgan fingerprint density at radius 1 is 1.37 bits per heavy atom. The molecule has 2 heterocycles. The number of ketones is 1. The monoisotopic (exact) mass is 271 g/mol. The highest BCUT2D eigenvalue weighted by Gasteiger charge is 2.39. The van der Waals surface area contributed by atoms with Crippen molar-refractivity contribution in [1.29, 1.82) is 0 Å². The number of carbonyl (C=O) groups is 1. The van der Waals surface area contributed by atoms with E-state index in [1.807, 2.05) is 6.07 Å². The summed E-state index contributed by atoms with van der Waals surface area (Å²) in [5, 5.41) is 4.00. The van der Waals surface area contributed by atoms with E-state index < -0.39 is 12.0 Å². The fourth-order valence-corrected chi connectivity index (χ4v) is 1.77. The molecule has 0 atom stereocenters. The van der Waals surface area contributed by atoms with E-state index in [0.29, 0.717) is 13.0 Å². The number of aromatic nitrogens is 3. The van der Waals surface area contributed by atoms with Gasteiger partial charge in [0, 0.05) is 49.9 Å². The van der Waals surface area contributed by atoms with Crippen LogP contribution in [0.5, 0.6) is 0 Å². The van der Waals surface area contributed by atoms with Crippen molar-refractivity contribution in [3.8, 4) is 0 Å². The Kier molecular flexibility index (Phi) is 3.46. The van der Waals surface area contributed by atoms with E-state index in [1.165, 1.54) is 18.5 Å². The minimum Gasteiger partial charge on any atom is -0.353 e. The number of hydrogen-bond donors (Lipinski definition) is 0. The molecule has 0 spiro atoms. The van der Waals surface area contributed by atoms with E-state index in [0.717, 1.165) is 5.69 Å². The Balaban J connectivity index is 2.02. The van der Waals surface area contributed by atoms with E-state index in [1.54, 1.807) is 22.5 Å². The Labute approximate surface area is 107 Å². The number of rotatable bonds is 4. The third kappa shape index (κ3) is 3.04. The molecule has 2 aromatic rings. The first kappa shape index (κ1) is 13.4. The molecule has 0 radical (unpaired) electrons. The average Bonchev–Trinajstić information content (AvgIpc) is 2.93. The molecular formula is C12H12F3N3O. The van der Waals surface area contributed by atoms with Crippen LogP contribution in [0.25, 0.3) is 0 Å². The highest BCUT2D eigenvalue weighted by atomic mass is 19.4. The first-order chi connectivity index (χ1) is 8.88. The SMILES string of the molecule is Cn1nccc1CCn1ccc(C(=O)C(F)(F)F)c1. The maximum atomic E-state index is 12.2. The first-order valence-corrected chi connectivity index (χ1v) is 5.62. The molecule has 7 heteroatoms. The van der Waals surface area contributed by atoms with E-state index in [-0.39, 0.29) is 5.56 Å². The van der Waals surface area contributed by atoms with E-state index >= 15 is 0 Å². The highest BCUT2D eigenvalue weighted by Crippen LogP contribution is 2.21. The summed E-state index contributed by atoms with van der Waals surface area (Å²) in [6.07, 6.45) is 0.143. The predicted molar refractivity (Wildman–Crippen MR) is 61.7 cm³/mol. The molecule has 4 nitrogen and oxygen atoms in total. The molecular weight excluding hydrogens is 259 g/mol. The van der Waals surface area contributed by atoms with E-state index in [4.69, 9.17) is 0 Å². The summed E-state index contributed by atoms with van der Waals surface area (Å²) in [6.45, 7) is 0.491. The Bertz CT molecular complexity index is 583. The lowest BCUT2D eigenvalue weighted by molar-refractivity contribution is -0.0885. The van der Waals surface area contributed by atoms with Crippen molar-refractivity contribution in [1.82, 2.24) is 14.3 Å². The maximum Gasteiger partial charge on any atom is 0.454 e. The van der Waals surface area contributed by atoms with Gasteiger partial charge in [-0.1, -0.05) is 0 Å². The topological polar surface area (TPSA) is 39.8 Å². The summed E-state index contributed by atoms with van der Waals surface area (Å²) in [4.78, 5) is 11.0. The van der Waals surface area contributed by atoms with Crippen molar-refractivity contribution in [2.24, 2.45) is 7.05 Å². The zero-order valence-electron chi connectivity index (χ0n) is 10.2. The van der Waals surface area contributed by atoms with Crippen molar-refractivity contribution in [2.45, 2.75) is 19.1 Å². The minimum atomic E-state index is -4.83. The van der Waals surface area contributed by atoms with Crippen molar-refractivity contribution >= 4 is 5.78 Å². The Morgan fingerprint density at radius 2 is 2.11 bits per heavy atom. The summed E-state index contributed by atoms with van der Waals surface area (Å²) in [5.41, 5.74) is 0.634. The number of nitrogens with zero attached hydrogens (tertiary/aromatic N) is 3. The van der Waals surface area contributed by atoms with Crippen LogP contribution in [-0.4, -0.2) is 26.3 Å². The van der Waals surface area contributed by atoms with Crippen LogP contribution in [0.3, 0.4) is 0 Å². The van der Waals surface area contributed by atoms with Crippen LogP contribution in [0.1, 0.15) is 16.1 Å². The maximum absolute atomic E-state index is 12.2. The molecule has 2 rings (SSSR count). The lowest BCUT2D eigenvalue weighted by Gasteiger charge is -2.04. The smallest absolute Gasteiger partial charge is 0.353 e. The Hall–Kier alpha value is -2.05. The average molecular weight is 271 g/mol. The molecule has 102 valence electrons. The second-order valence-electron chi connectivity index (χ2n) is 4.16. The quantitative estimate of drug-likeness (QED) is 0.800. The zero-order valence-corrected chi connectivity index (χ0v) is 10.2. The largest absolute Gasteiger partial charge is 0.454 e. The second-order valence-corrected chi connectivity index (χ2v) is 4.16. The minimum absolute atomic E-state index is 0.336. The zero-order chi connectivity index (χ0) is 14.0. The summed E-state index contributed by atoms with van der Waals surface area (Å²) in [5.74, 6) is -1.81. The summed E-state index contributed by atoms with van der Waals surface area (Å²) in [6, 6.07) is 3.02.